The third kappa shape index (κ3) is 6.62. The Morgan fingerprint density at radius 3 is 2.51 bits per heavy atom. The topological polar surface area (TPSA) is 99.3 Å². The normalized spacial score (nSPS) is 22.5. The molecular formula is C29H40N4O4. The number of piperazine rings is 1. The lowest BCUT2D eigenvalue weighted by atomic mass is 9.86. The van der Waals surface area contributed by atoms with E-state index in [-0.39, 0.29) is 24.0 Å². The van der Waals surface area contributed by atoms with Gasteiger partial charge >= 0.3 is 6.09 Å². The number of benzene rings is 2. The molecule has 8 heteroatoms. The van der Waals surface area contributed by atoms with Gasteiger partial charge in [0, 0.05) is 57.4 Å². The van der Waals surface area contributed by atoms with Gasteiger partial charge < -0.3 is 25.4 Å². The van der Waals surface area contributed by atoms with E-state index in [1.54, 1.807) is 4.90 Å². The highest BCUT2D eigenvalue weighted by Gasteiger charge is 2.30. The number of nitrogens with zero attached hydrogens (tertiary/aromatic N) is 3. The van der Waals surface area contributed by atoms with Crippen LogP contribution < -0.4 is 15.4 Å². The molecular weight excluding hydrogens is 468 g/mol. The Morgan fingerprint density at radius 2 is 1.86 bits per heavy atom. The van der Waals surface area contributed by atoms with Crippen molar-refractivity contribution in [3.05, 3.63) is 59.2 Å². The van der Waals surface area contributed by atoms with Gasteiger partial charge in [0.15, 0.2) is 0 Å². The highest BCUT2D eigenvalue weighted by atomic mass is 16.5. The molecule has 0 bridgehead atoms. The van der Waals surface area contributed by atoms with Gasteiger partial charge in [-0.2, -0.15) is 0 Å². The summed E-state index contributed by atoms with van der Waals surface area (Å²) in [6.07, 6.45) is 2.65. The van der Waals surface area contributed by atoms with E-state index in [9.17, 15) is 14.7 Å². The highest BCUT2D eigenvalue weighted by molar-refractivity contribution is 5.94. The van der Waals surface area contributed by atoms with Gasteiger partial charge in [0.2, 0.25) is 5.91 Å². The van der Waals surface area contributed by atoms with Crippen molar-refractivity contribution in [2.75, 3.05) is 31.6 Å². The van der Waals surface area contributed by atoms with Crippen molar-refractivity contribution < 1.29 is 19.4 Å². The fourth-order valence-electron chi connectivity index (χ4n) is 5.53. The van der Waals surface area contributed by atoms with E-state index in [0.29, 0.717) is 13.1 Å². The number of aryl methyl sites for hydroxylation is 1. The number of anilines is 1. The highest BCUT2D eigenvalue weighted by Crippen LogP contribution is 2.31. The van der Waals surface area contributed by atoms with Gasteiger partial charge in [0.25, 0.3) is 0 Å². The molecule has 3 N–H and O–H groups in total. The Morgan fingerprint density at radius 1 is 1.11 bits per heavy atom. The lowest BCUT2D eigenvalue weighted by molar-refractivity contribution is -0.123. The molecule has 0 spiro atoms. The van der Waals surface area contributed by atoms with Crippen LogP contribution in [0.25, 0.3) is 0 Å². The lowest BCUT2D eigenvalue weighted by Gasteiger charge is -2.38. The third-order valence-electron chi connectivity index (χ3n) is 7.86. The van der Waals surface area contributed by atoms with Crippen LogP contribution in [-0.2, 0) is 17.9 Å². The van der Waals surface area contributed by atoms with E-state index < -0.39 is 6.09 Å². The summed E-state index contributed by atoms with van der Waals surface area (Å²) >= 11 is 0. The number of amides is 2. The average Bonchev–Trinajstić information content (AvgIpc) is 2.89. The molecule has 0 radical (unpaired) electrons. The van der Waals surface area contributed by atoms with Crippen LogP contribution in [0.3, 0.4) is 0 Å². The van der Waals surface area contributed by atoms with Gasteiger partial charge in [-0.05, 0) is 80.5 Å². The van der Waals surface area contributed by atoms with Gasteiger partial charge in [-0.25, -0.2) is 4.79 Å². The van der Waals surface area contributed by atoms with Crippen LogP contribution in [-0.4, -0.2) is 65.7 Å². The summed E-state index contributed by atoms with van der Waals surface area (Å²) in [5, 5.41) is 9.31. The Kier molecular flexibility index (Phi) is 8.71. The first-order chi connectivity index (χ1) is 17.7. The largest absolute Gasteiger partial charge is 0.490 e. The number of rotatable bonds is 7. The molecule has 2 aromatic carbocycles. The van der Waals surface area contributed by atoms with E-state index in [1.165, 1.54) is 10.5 Å². The second-order valence-electron chi connectivity index (χ2n) is 10.5. The van der Waals surface area contributed by atoms with Crippen molar-refractivity contribution in [2.45, 2.75) is 64.8 Å². The van der Waals surface area contributed by atoms with E-state index >= 15 is 0 Å². The van der Waals surface area contributed by atoms with E-state index in [0.717, 1.165) is 67.9 Å². The molecule has 1 saturated carbocycles. The Bertz CT molecular complexity index is 1100. The van der Waals surface area contributed by atoms with Crippen molar-refractivity contribution in [2.24, 2.45) is 11.7 Å². The zero-order valence-corrected chi connectivity index (χ0v) is 22.2. The number of carboxylic acid groups (broad SMARTS) is 1. The Labute approximate surface area is 220 Å². The molecule has 4 rings (SSSR count). The first-order valence-corrected chi connectivity index (χ1v) is 13.3. The predicted octanol–water partition coefficient (Wildman–Crippen LogP) is 4.24. The summed E-state index contributed by atoms with van der Waals surface area (Å²) in [5.74, 6) is 1.02. The Hall–Kier alpha value is -3.10. The molecule has 2 aliphatic rings. The van der Waals surface area contributed by atoms with Crippen LogP contribution in [0.15, 0.2) is 42.5 Å². The van der Waals surface area contributed by atoms with Crippen molar-refractivity contribution in [3.8, 4) is 5.75 Å². The molecule has 2 aromatic rings. The molecule has 1 aliphatic carbocycles. The van der Waals surface area contributed by atoms with Gasteiger partial charge in [-0.15, -0.1) is 0 Å². The quantitative estimate of drug-likeness (QED) is 0.581. The summed E-state index contributed by atoms with van der Waals surface area (Å²) in [4.78, 5) is 30.2. The van der Waals surface area contributed by atoms with Crippen LogP contribution in [0, 0.1) is 12.8 Å². The van der Waals surface area contributed by atoms with Gasteiger partial charge in [0.05, 0.1) is 6.10 Å². The monoisotopic (exact) mass is 508 g/mol. The van der Waals surface area contributed by atoms with E-state index in [1.807, 2.05) is 44.3 Å². The molecule has 0 aromatic heterocycles. The van der Waals surface area contributed by atoms with Crippen LogP contribution in [0.2, 0.25) is 0 Å². The maximum Gasteiger partial charge on any atom is 0.407 e. The summed E-state index contributed by atoms with van der Waals surface area (Å²) in [5.41, 5.74) is 10.0. The van der Waals surface area contributed by atoms with Crippen molar-refractivity contribution in [3.63, 3.8) is 0 Å². The second kappa shape index (κ2) is 12.0. The Balaban J connectivity index is 1.29. The molecule has 1 atom stereocenters. The predicted molar refractivity (Wildman–Crippen MR) is 145 cm³/mol. The number of carbonyl (C=O) groups is 2. The second-order valence-corrected chi connectivity index (χ2v) is 10.5. The van der Waals surface area contributed by atoms with Gasteiger partial charge in [-0.3, -0.25) is 9.69 Å². The first kappa shape index (κ1) is 26.9. The van der Waals surface area contributed by atoms with Crippen molar-refractivity contribution >= 4 is 17.7 Å². The first-order valence-electron chi connectivity index (χ1n) is 13.3. The molecule has 1 saturated heterocycles. The van der Waals surface area contributed by atoms with Crippen LogP contribution in [0.5, 0.6) is 5.75 Å². The molecule has 1 aliphatic heterocycles. The number of ether oxygens (including phenoxy) is 1. The summed E-state index contributed by atoms with van der Waals surface area (Å²) < 4.78 is 6.17. The van der Waals surface area contributed by atoms with Gasteiger partial charge in [0.1, 0.15) is 5.75 Å². The number of carbonyl (C=O) groups excluding carboxylic acids is 1. The summed E-state index contributed by atoms with van der Waals surface area (Å²) in [6, 6.07) is 14.1. The lowest BCUT2D eigenvalue weighted by Crippen LogP contribution is -2.53. The molecule has 37 heavy (non-hydrogen) atoms. The molecule has 2 amide bonds. The zero-order chi connectivity index (χ0) is 26.5. The van der Waals surface area contributed by atoms with Crippen LogP contribution in [0.1, 0.15) is 49.3 Å². The maximum atomic E-state index is 13.3. The van der Waals surface area contributed by atoms with E-state index in [4.69, 9.17) is 10.5 Å². The smallest absolute Gasteiger partial charge is 0.407 e. The summed E-state index contributed by atoms with van der Waals surface area (Å²) in [7, 11) is 1.87. The standard InChI is InChI=1S/C29H40N4O4/c1-20-15-25(10-7-24(20)19-32-13-14-33(29(35)36)21(2)18-32)31(3)28(34)23-8-11-26(12-9-23)37-27-6-4-5-22(16-27)17-30/h4-7,10,15-16,21,23,26H,8-9,11-14,17-19,30H2,1-3H3,(H,35,36)/t21-,23-,26-/m0/s1. The number of hydrogen-bond acceptors (Lipinski definition) is 5. The van der Waals surface area contributed by atoms with Crippen molar-refractivity contribution in [1.29, 1.82) is 0 Å². The average molecular weight is 509 g/mol. The summed E-state index contributed by atoms with van der Waals surface area (Å²) in [6.45, 7) is 7.27. The fourth-order valence-corrected chi connectivity index (χ4v) is 5.53. The molecule has 8 nitrogen and oxygen atoms in total. The molecule has 1 heterocycles. The molecule has 200 valence electrons. The molecule has 2 fully saturated rings. The maximum absolute atomic E-state index is 13.3. The fraction of sp³-hybridized carbons (Fsp3) is 0.517. The van der Waals surface area contributed by atoms with E-state index in [2.05, 4.69) is 24.0 Å². The number of hydrogen-bond donors (Lipinski definition) is 2. The zero-order valence-electron chi connectivity index (χ0n) is 22.2. The minimum absolute atomic E-state index is 0.00669. The minimum atomic E-state index is -0.848. The molecule has 0 unspecified atom stereocenters. The SMILES string of the molecule is Cc1cc(N(C)C(=O)[C@H]2CC[C@H](Oc3cccc(CN)c3)CC2)ccc1CN1CCN(C(=O)O)[C@@H](C)C1. The van der Waals surface area contributed by atoms with Crippen molar-refractivity contribution in [1.82, 2.24) is 9.80 Å². The van der Waals surface area contributed by atoms with Crippen LogP contribution in [0.4, 0.5) is 10.5 Å². The van der Waals surface area contributed by atoms with Gasteiger partial charge in [-0.1, -0.05) is 18.2 Å². The third-order valence-corrected chi connectivity index (χ3v) is 7.86. The van der Waals surface area contributed by atoms with Crippen LogP contribution >= 0.6 is 0 Å². The minimum Gasteiger partial charge on any atom is -0.490 e. The number of nitrogens with two attached hydrogens (primary N) is 1.